The van der Waals surface area contributed by atoms with Gasteiger partial charge in [0, 0.05) is 17.8 Å². The maximum Gasteiger partial charge on any atom is 0.323 e. The zero-order valence-electron chi connectivity index (χ0n) is 11.9. The third-order valence-electron chi connectivity index (χ3n) is 2.66. The lowest BCUT2D eigenvalue weighted by Crippen LogP contribution is -2.38. The lowest BCUT2D eigenvalue weighted by atomic mass is 10.1. The predicted molar refractivity (Wildman–Crippen MR) is 77.0 cm³/mol. The molecule has 0 unspecified atom stereocenters. The monoisotopic (exact) mass is 298 g/mol. The van der Waals surface area contributed by atoms with Crippen LogP contribution in [-0.4, -0.2) is 40.0 Å². The highest BCUT2D eigenvalue weighted by atomic mass is 35.5. The number of hydrogen-bond acceptors (Lipinski definition) is 3. The van der Waals surface area contributed by atoms with E-state index in [-0.39, 0.29) is 23.5 Å². The Balaban J connectivity index is 3.04. The van der Waals surface area contributed by atoms with Gasteiger partial charge in [0.1, 0.15) is 11.7 Å². The molecule has 1 amide bonds. The summed E-state index contributed by atoms with van der Waals surface area (Å²) < 4.78 is 0. The molecule has 1 aromatic rings. The number of rotatable bonds is 6. The van der Waals surface area contributed by atoms with E-state index < -0.39 is 5.97 Å². The first-order valence-electron chi connectivity index (χ1n) is 6.51. The number of carbonyl (C=O) groups excluding carboxylic acids is 1. The topological polar surface area (TPSA) is 70.5 Å². The molecule has 0 aliphatic heterocycles. The van der Waals surface area contributed by atoms with Crippen molar-refractivity contribution in [3.05, 3.63) is 28.5 Å². The Morgan fingerprint density at radius 1 is 1.40 bits per heavy atom. The smallest absolute Gasteiger partial charge is 0.323 e. The zero-order chi connectivity index (χ0) is 15.3. The number of amides is 1. The van der Waals surface area contributed by atoms with Gasteiger partial charge in [-0.1, -0.05) is 32.4 Å². The van der Waals surface area contributed by atoms with Crippen LogP contribution in [0.3, 0.4) is 0 Å². The molecule has 20 heavy (non-hydrogen) atoms. The number of aryl methyl sites for hydroxylation is 1. The molecule has 5 nitrogen and oxygen atoms in total. The van der Waals surface area contributed by atoms with E-state index in [1.807, 2.05) is 20.8 Å². The van der Waals surface area contributed by atoms with Crippen molar-refractivity contribution in [2.75, 3.05) is 13.1 Å². The van der Waals surface area contributed by atoms with Gasteiger partial charge in [0.2, 0.25) is 0 Å². The van der Waals surface area contributed by atoms with Gasteiger partial charge < -0.3 is 10.0 Å². The third kappa shape index (κ3) is 4.81. The Kier molecular flexibility index (Phi) is 5.95. The van der Waals surface area contributed by atoms with Gasteiger partial charge in [0.05, 0.1) is 0 Å². The fourth-order valence-electron chi connectivity index (χ4n) is 1.86. The largest absolute Gasteiger partial charge is 0.480 e. The number of nitrogens with zero attached hydrogens (tertiary/aromatic N) is 2. The molecule has 0 saturated carbocycles. The number of hydrogen-bond donors (Lipinski definition) is 1. The van der Waals surface area contributed by atoms with Crippen LogP contribution in [0.2, 0.25) is 5.15 Å². The van der Waals surface area contributed by atoms with E-state index in [0.717, 1.165) is 0 Å². The molecule has 6 heteroatoms. The van der Waals surface area contributed by atoms with Gasteiger partial charge in [-0.05, 0) is 24.5 Å². The van der Waals surface area contributed by atoms with Crippen molar-refractivity contribution >= 4 is 23.5 Å². The molecular formula is C14H19ClN2O3. The van der Waals surface area contributed by atoms with E-state index in [9.17, 15) is 9.59 Å². The van der Waals surface area contributed by atoms with Gasteiger partial charge >= 0.3 is 5.97 Å². The van der Waals surface area contributed by atoms with Gasteiger partial charge in [0.15, 0.2) is 0 Å². The number of halogens is 1. The Morgan fingerprint density at radius 2 is 2.05 bits per heavy atom. The van der Waals surface area contributed by atoms with Gasteiger partial charge in [-0.25, -0.2) is 4.98 Å². The molecule has 0 aromatic carbocycles. The van der Waals surface area contributed by atoms with E-state index in [1.165, 1.54) is 11.0 Å². The minimum absolute atomic E-state index is 0.182. The molecule has 0 aliphatic rings. The first-order chi connectivity index (χ1) is 9.33. The minimum Gasteiger partial charge on any atom is -0.480 e. The highest BCUT2D eigenvalue weighted by Crippen LogP contribution is 2.14. The lowest BCUT2D eigenvalue weighted by molar-refractivity contribution is -0.137. The summed E-state index contributed by atoms with van der Waals surface area (Å²) in [4.78, 5) is 28.7. The van der Waals surface area contributed by atoms with E-state index >= 15 is 0 Å². The molecule has 1 rings (SSSR count). The molecule has 0 fully saturated rings. The van der Waals surface area contributed by atoms with E-state index in [2.05, 4.69) is 4.98 Å². The van der Waals surface area contributed by atoms with Crippen LogP contribution in [0.15, 0.2) is 12.1 Å². The number of carbonyl (C=O) groups is 2. The molecule has 0 aliphatic carbocycles. The fraction of sp³-hybridized carbons (Fsp3) is 0.500. The van der Waals surface area contributed by atoms with Gasteiger partial charge in [-0.2, -0.15) is 0 Å². The highest BCUT2D eigenvalue weighted by Gasteiger charge is 2.20. The molecular weight excluding hydrogens is 280 g/mol. The summed E-state index contributed by atoms with van der Waals surface area (Å²) in [5, 5.41) is 9.16. The fourth-order valence-corrected chi connectivity index (χ4v) is 2.09. The molecule has 1 heterocycles. The van der Waals surface area contributed by atoms with Crippen LogP contribution in [-0.2, 0) is 11.2 Å². The van der Waals surface area contributed by atoms with Gasteiger partial charge in [0.25, 0.3) is 5.91 Å². The Bertz CT molecular complexity index is 503. The van der Waals surface area contributed by atoms with Crippen molar-refractivity contribution in [3.63, 3.8) is 0 Å². The second-order valence-corrected chi connectivity index (χ2v) is 5.38. The van der Waals surface area contributed by atoms with Crippen molar-refractivity contribution in [1.29, 1.82) is 0 Å². The molecule has 0 bridgehead atoms. The predicted octanol–water partition coefficient (Wildman–Crippen LogP) is 2.48. The standard InChI is InChI=1S/C14H19ClN2O3/c1-4-11-5-10(6-12(15)16-11)14(20)17(7-9(2)3)8-13(18)19/h5-6,9H,4,7-8H2,1-3H3,(H,18,19). The molecule has 110 valence electrons. The molecule has 0 atom stereocenters. The van der Waals surface area contributed by atoms with E-state index in [1.54, 1.807) is 6.07 Å². The second-order valence-electron chi connectivity index (χ2n) is 5.00. The summed E-state index contributed by atoms with van der Waals surface area (Å²) in [7, 11) is 0. The van der Waals surface area contributed by atoms with Gasteiger partial charge in [-0.15, -0.1) is 0 Å². The number of pyridine rings is 1. The summed E-state index contributed by atoms with van der Waals surface area (Å²) in [5.41, 5.74) is 1.09. The summed E-state index contributed by atoms with van der Waals surface area (Å²) in [6, 6.07) is 3.13. The van der Waals surface area contributed by atoms with Crippen LogP contribution in [0, 0.1) is 5.92 Å². The Hall–Kier alpha value is -1.62. The van der Waals surface area contributed by atoms with Crippen molar-refractivity contribution in [2.45, 2.75) is 27.2 Å². The van der Waals surface area contributed by atoms with Crippen molar-refractivity contribution in [1.82, 2.24) is 9.88 Å². The maximum absolute atomic E-state index is 12.4. The van der Waals surface area contributed by atoms with E-state index in [0.29, 0.717) is 24.2 Å². The van der Waals surface area contributed by atoms with Crippen LogP contribution in [0.5, 0.6) is 0 Å². The van der Waals surface area contributed by atoms with Crippen LogP contribution in [0.1, 0.15) is 36.8 Å². The molecule has 0 saturated heterocycles. The summed E-state index contributed by atoms with van der Waals surface area (Å²) in [6.45, 7) is 5.83. The van der Waals surface area contributed by atoms with Crippen LogP contribution >= 0.6 is 11.6 Å². The molecule has 1 aromatic heterocycles. The Labute approximate surface area is 123 Å². The van der Waals surface area contributed by atoms with E-state index in [4.69, 9.17) is 16.7 Å². The first kappa shape index (κ1) is 16.4. The molecule has 0 radical (unpaired) electrons. The number of aromatic nitrogens is 1. The quantitative estimate of drug-likeness (QED) is 0.819. The third-order valence-corrected chi connectivity index (χ3v) is 2.85. The van der Waals surface area contributed by atoms with Crippen LogP contribution in [0.4, 0.5) is 0 Å². The number of aliphatic carboxylic acids is 1. The Morgan fingerprint density at radius 3 is 2.55 bits per heavy atom. The summed E-state index contributed by atoms with van der Waals surface area (Å²) >= 11 is 5.89. The maximum atomic E-state index is 12.4. The van der Waals surface area contributed by atoms with Crippen molar-refractivity contribution in [3.8, 4) is 0 Å². The van der Waals surface area contributed by atoms with Crippen molar-refractivity contribution in [2.24, 2.45) is 5.92 Å². The highest BCUT2D eigenvalue weighted by molar-refractivity contribution is 6.29. The first-order valence-corrected chi connectivity index (χ1v) is 6.88. The zero-order valence-corrected chi connectivity index (χ0v) is 12.6. The van der Waals surface area contributed by atoms with Gasteiger partial charge in [-0.3, -0.25) is 9.59 Å². The average molecular weight is 299 g/mol. The molecule has 1 N–H and O–H groups in total. The number of carboxylic acid groups (broad SMARTS) is 1. The van der Waals surface area contributed by atoms with Crippen LogP contribution in [0.25, 0.3) is 0 Å². The minimum atomic E-state index is -1.03. The molecule has 0 spiro atoms. The second kappa shape index (κ2) is 7.24. The average Bonchev–Trinajstić information content (AvgIpc) is 2.35. The summed E-state index contributed by atoms with van der Waals surface area (Å²) in [5.74, 6) is -1.18. The van der Waals surface area contributed by atoms with Crippen LogP contribution < -0.4 is 0 Å². The lowest BCUT2D eigenvalue weighted by Gasteiger charge is -2.23. The van der Waals surface area contributed by atoms with Crippen molar-refractivity contribution < 1.29 is 14.7 Å². The number of carboxylic acids is 1. The summed E-state index contributed by atoms with van der Waals surface area (Å²) in [6.07, 6.45) is 0.657. The normalized spacial score (nSPS) is 10.7. The SMILES string of the molecule is CCc1cc(C(=O)N(CC(=O)O)CC(C)C)cc(Cl)n1.